The lowest BCUT2D eigenvalue weighted by Crippen LogP contribution is -2.34. The van der Waals surface area contributed by atoms with Gasteiger partial charge in [0, 0.05) is 12.1 Å². The topological polar surface area (TPSA) is 81.3 Å². The van der Waals surface area contributed by atoms with Crippen molar-refractivity contribution in [2.24, 2.45) is 0 Å². The summed E-state index contributed by atoms with van der Waals surface area (Å²) < 4.78 is 35.4. The molecule has 26 heavy (non-hydrogen) atoms. The summed E-state index contributed by atoms with van der Waals surface area (Å²) in [6, 6.07) is 14.1. The van der Waals surface area contributed by atoms with Crippen molar-refractivity contribution >= 4 is 21.1 Å². The fourth-order valence-corrected chi connectivity index (χ4v) is 4.78. The van der Waals surface area contributed by atoms with Crippen LogP contribution in [0.3, 0.4) is 0 Å². The Morgan fingerprint density at radius 1 is 1.12 bits per heavy atom. The number of fused-ring (bicyclic) bond motifs is 1. The maximum atomic E-state index is 12.9. The van der Waals surface area contributed by atoms with Gasteiger partial charge in [-0.05, 0) is 44.4 Å². The van der Waals surface area contributed by atoms with Gasteiger partial charge in [0.05, 0.1) is 16.0 Å². The fraction of sp³-hybridized carbons (Fsp3) is 0.316. The smallest absolute Gasteiger partial charge is 0.408 e. The zero-order chi connectivity index (χ0) is 18.5. The molecule has 7 heteroatoms. The van der Waals surface area contributed by atoms with E-state index in [9.17, 15) is 13.2 Å². The van der Waals surface area contributed by atoms with Crippen LogP contribution in [0.4, 0.5) is 0 Å². The zero-order valence-corrected chi connectivity index (χ0v) is 15.4. The van der Waals surface area contributed by atoms with Crippen LogP contribution < -0.4 is 10.5 Å². The number of benzene rings is 2. The van der Waals surface area contributed by atoms with Crippen molar-refractivity contribution in [3.8, 4) is 0 Å². The molecule has 1 aliphatic rings. The largest absolute Gasteiger partial charge is 0.420 e. The van der Waals surface area contributed by atoms with Crippen LogP contribution in [0, 0.1) is 0 Å². The molecule has 0 atom stereocenters. The Morgan fingerprint density at radius 2 is 1.81 bits per heavy atom. The summed E-state index contributed by atoms with van der Waals surface area (Å²) in [4.78, 5) is 12.1. The van der Waals surface area contributed by atoms with E-state index < -0.39 is 21.3 Å². The van der Waals surface area contributed by atoms with Gasteiger partial charge < -0.3 is 4.42 Å². The first-order valence-electron chi connectivity index (χ1n) is 8.57. The van der Waals surface area contributed by atoms with Crippen LogP contribution in [-0.2, 0) is 15.6 Å². The Labute approximate surface area is 151 Å². The molecule has 2 aromatic carbocycles. The van der Waals surface area contributed by atoms with Crippen LogP contribution in [0.5, 0.6) is 0 Å². The number of hydrogen-bond donors (Lipinski definition) is 1. The van der Waals surface area contributed by atoms with Crippen molar-refractivity contribution in [2.75, 3.05) is 0 Å². The van der Waals surface area contributed by atoms with Gasteiger partial charge in [0.25, 0.3) is 0 Å². The van der Waals surface area contributed by atoms with Crippen LogP contribution >= 0.6 is 0 Å². The van der Waals surface area contributed by atoms with Crippen molar-refractivity contribution in [1.29, 1.82) is 0 Å². The second-order valence-corrected chi connectivity index (χ2v) is 8.70. The van der Waals surface area contributed by atoms with Gasteiger partial charge in [0.1, 0.15) is 0 Å². The summed E-state index contributed by atoms with van der Waals surface area (Å²) >= 11 is 0. The molecule has 1 N–H and O–H groups in total. The minimum atomic E-state index is -3.74. The van der Waals surface area contributed by atoms with Crippen LogP contribution in [0.25, 0.3) is 11.1 Å². The minimum absolute atomic E-state index is 0.0721. The first-order valence-corrected chi connectivity index (χ1v) is 10.1. The molecule has 0 bridgehead atoms. The van der Waals surface area contributed by atoms with E-state index in [1.54, 1.807) is 6.07 Å². The van der Waals surface area contributed by atoms with Gasteiger partial charge in [-0.25, -0.2) is 17.9 Å². The summed E-state index contributed by atoms with van der Waals surface area (Å²) in [5.41, 5.74) is 1.28. The molecule has 1 aliphatic carbocycles. The van der Waals surface area contributed by atoms with Crippen molar-refractivity contribution < 1.29 is 12.8 Å². The number of sulfonamides is 1. The highest BCUT2D eigenvalue weighted by Gasteiger charge is 2.47. The Hall–Kier alpha value is -2.38. The molecule has 0 spiro atoms. The van der Waals surface area contributed by atoms with E-state index >= 15 is 0 Å². The Balaban J connectivity index is 1.72. The molecular weight excluding hydrogens is 352 g/mol. The summed E-state index contributed by atoms with van der Waals surface area (Å²) in [6.45, 7) is 3.75. The maximum Gasteiger partial charge on any atom is 0.420 e. The van der Waals surface area contributed by atoms with Gasteiger partial charge >= 0.3 is 5.76 Å². The molecule has 0 radical (unpaired) electrons. The third-order valence-electron chi connectivity index (χ3n) is 4.82. The number of oxazole rings is 1. The Bertz CT molecular complexity index is 1120. The van der Waals surface area contributed by atoms with E-state index in [4.69, 9.17) is 4.42 Å². The highest BCUT2D eigenvalue weighted by molar-refractivity contribution is 7.89. The summed E-state index contributed by atoms with van der Waals surface area (Å²) in [6.07, 6.45) is 1.52. The third-order valence-corrected chi connectivity index (χ3v) is 6.35. The van der Waals surface area contributed by atoms with E-state index in [2.05, 4.69) is 4.72 Å². The van der Waals surface area contributed by atoms with E-state index in [0.29, 0.717) is 5.52 Å². The van der Waals surface area contributed by atoms with Crippen LogP contribution in [-0.4, -0.2) is 13.0 Å². The average molecular weight is 372 g/mol. The first-order chi connectivity index (χ1) is 12.3. The number of nitrogens with one attached hydrogen (secondary N) is 1. The maximum absolute atomic E-state index is 12.9. The summed E-state index contributed by atoms with van der Waals surface area (Å²) in [5.74, 6) is -0.486. The molecule has 1 aromatic heterocycles. The predicted octanol–water partition coefficient (Wildman–Crippen LogP) is 3.14. The summed E-state index contributed by atoms with van der Waals surface area (Å²) in [7, 11) is -3.74. The highest BCUT2D eigenvalue weighted by atomic mass is 32.2. The van der Waals surface area contributed by atoms with Gasteiger partial charge in [-0.2, -0.15) is 0 Å². The fourth-order valence-electron chi connectivity index (χ4n) is 3.32. The quantitative estimate of drug-likeness (QED) is 0.746. The molecular formula is C19H20N2O4S. The Morgan fingerprint density at radius 3 is 2.42 bits per heavy atom. The molecule has 0 unspecified atom stereocenters. The average Bonchev–Trinajstić information content (AvgIpc) is 3.28. The van der Waals surface area contributed by atoms with E-state index in [0.717, 1.165) is 18.4 Å². The number of nitrogens with zero attached hydrogens (tertiary/aromatic N) is 1. The van der Waals surface area contributed by atoms with Gasteiger partial charge in [0.15, 0.2) is 5.58 Å². The number of hydrogen-bond acceptors (Lipinski definition) is 4. The lowest BCUT2D eigenvalue weighted by Gasteiger charge is -2.18. The molecule has 0 saturated heterocycles. The van der Waals surface area contributed by atoms with E-state index in [-0.39, 0.29) is 16.5 Å². The SMILES string of the molecule is CC(C)n1c(=O)oc2cc(S(=O)(=O)NC3(c4ccccc4)CC3)ccc21. The van der Waals surface area contributed by atoms with Crippen molar-refractivity contribution in [2.45, 2.75) is 43.2 Å². The molecule has 136 valence electrons. The number of aromatic nitrogens is 1. The Kier molecular flexibility index (Phi) is 3.82. The first kappa shape index (κ1) is 17.1. The normalized spacial score (nSPS) is 16.3. The monoisotopic (exact) mass is 372 g/mol. The molecule has 4 rings (SSSR count). The van der Waals surface area contributed by atoms with Crippen molar-refractivity contribution in [3.63, 3.8) is 0 Å². The highest BCUT2D eigenvalue weighted by Crippen LogP contribution is 2.46. The molecule has 3 aromatic rings. The standard InChI is InChI=1S/C19H20N2O4S/c1-13(2)21-16-9-8-15(12-17(16)25-18(21)22)26(23,24)20-19(10-11-19)14-6-4-3-5-7-14/h3-9,12-13,20H,10-11H2,1-2H3. The van der Waals surface area contributed by atoms with E-state index in [1.165, 1.54) is 16.7 Å². The third kappa shape index (κ3) is 2.77. The van der Waals surface area contributed by atoms with Gasteiger partial charge in [0.2, 0.25) is 10.0 Å². The van der Waals surface area contributed by atoms with Crippen LogP contribution in [0.2, 0.25) is 0 Å². The van der Waals surface area contributed by atoms with Crippen molar-refractivity contribution in [1.82, 2.24) is 9.29 Å². The molecule has 0 amide bonds. The summed E-state index contributed by atoms with van der Waals surface area (Å²) in [5, 5.41) is 0. The van der Waals surface area contributed by atoms with Crippen LogP contribution in [0.15, 0.2) is 62.6 Å². The molecule has 1 saturated carbocycles. The van der Waals surface area contributed by atoms with Crippen LogP contribution in [0.1, 0.15) is 38.3 Å². The lowest BCUT2D eigenvalue weighted by atomic mass is 10.1. The molecule has 1 heterocycles. The number of rotatable bonds is 5. The van der Waals surface area contributed by atoms with Gasteiger partial charge in [-0.1, -0.05) is 30.3 Å². The van der Waals surface area contributed by atoms with Gasteiger partial charge in [-0.3, -0.25) is 4.57 Å². The lowest BCUT2D eigenvalue weighted by molar-refractivity contribution is 0.478. The molecule has 6 nitrogen and oxygen atoms in total. The zero-order valence-electron chi connectivity index (χ0n) is 14.6. The predicted molar refractivity (Wildman–Crippen MR) is 98.5 cm³/mol. The molecule has 1 fully saturated rings. The van der Waals surface area contributed by atoms with E-state index in [1.807, 2.05) is 44.2 Å². The second kappa shape index (κ2) is 5.82. The van der Waals surface area contributed by atoms with Gasteiger partial charge in [-0.15, -0.1) is 0 Å². The molecule has 0 aliphatic heterocycles. The second-order valence-electron chi connectivity index (χ2n) is 7.01. The minimum Gasteiger partial charge on any atom is -0.408 e. The van der Waals surface area contributed by atoms with Crippen molar-refractivity contribution in [3.05, 3.63) is 64.6 Å².